The predicted molar refractivity (Wildman–Crippen MR) is 165 cm³/mol. The highest BCUT2D eigenvalue weighted by Gasteiger charge is 2.25. The van der Waals surface area contributed by atoms with Gasteiger partial charge in [-0.05, 0) is 66.3 Å². The van der Waals surface area contributed by atoms with Crippen LogP contribution >= 0.6 is 0 Å². The molecule has 0 fully saturated rings. The molecule has 8 heteroatoms. The molecule has 0 spiro atoms. The summed E-state index contributed by atoms with van der Waals surface area (Å²) in [5.41, 5.74) is 7.18. The molecule has 1 aliphatic rings. The molecule has 5 rings (SSSR count). The van der Waals surface area contributed by atoms with Gasteiger partial charge in [-0.1, -0.05) is 61.2 Å². The Kier molecular flexibility index (Phi) is 9.44. The second-order valence-corrected chi connectivity index (χ2v) is 11.0. The zero-order chi connectivity index (χ0) is 29.5. The Balaban J connectivity index is 1.54. The third-order valence-electron chi connectivity index (χ3n) is 7.84. The molecule has 0 saturated heterocycles. The molecule has 0 radical (unpaired) electrons. The van der Waals surface area contributed by atoms with Crippen LogP contribution in [0.25, 0.3) is 22.4 Å². The number of anilines is 1. The van der Waals surface area contributed by atoms with Crippen molar-refractivity contribution in [1.29, 1.82) is 0 Å². The second-order valence-electron chi connectivity index (χ2n) is 11.0. The van der Waals surface area contributed by atoms with Crippen LogP contribution in [-0.4, -0.2) is 58.3 Å². The van der Waals surface area contributed by atoms with Crippen LogP contribution in [-0.2, 0) is 23.1 Å². The molecule has 0 aliphatic carbocycles. The first-order valence-corrected chi connectivity index (χ1v) is 14.7. The van der Waals surface area contributed by atoms with Crippen LogP contribution in [0.15, 0.2) is 73.1 Å². The number of rotatable bonds is 5. The fourth-order valence-electron chi connectivity index (χ4n) is 5.56. The molecule has 2 aromatic carbocycles. The van der Waals surface area contributed by atoms with E-state index in [0.717, 1.165) is 65.7 Å². The molecule has 0 N–H and O–H groups in total. The number of pyridine rings is 1. The zero-order valence-electron chi connectivity index (χ0n) is 24.8. The maximum atomic E-state index is 14.1. The summed E-state index contributed by atoms with van der Waals surface area (Å²) < 4.78 is 7.01. The van der Waals surface area contributed by atoms with Gasteiger partial charge in [-0.2, -0.15) is 5.10 Å². The Labute approximate surface area is 247 Å². The number of hydrogen-bond acceptors (Lipinski definition) is 5. The lowest BCUT2D eigenvalue weighted by molar-refractivity contribution is -0.122. The number of ether oxygens (including phenoxy) is 1. The summed E-state index contributed by atoms with van der Waals surface area (Å²) in [6.07, 6.45) is 8.51. The second kappa shape index (κ2) is 13.6. The normalized spacial score (nSPS) is 14.5. The summed E-state index contributed by atoms with van der Waals surface area (Å²) in [6.45, 7) is 3.63. The Hall–Kier alpha value is -4.30. The van der Waals surface area contributed by atoms with Gasteiger partial charge in [0.05, 0.1) is 5.69 Å². The van der Waals surface area contributed by atoms with Crippen LogP contribution in [0.4, 0.5) is 5.69 Å². The molecule has 0 bridgehead atoms. The monoisotopic (exact) mass is 565 g/mol. The number of amides is 2. The van der Waals surface area contributed by atoms with E-state index in [0.29, 0.717) is 25.3 Å². The zero-order valence-corrected chi connectivity index (χ0v) is 24.8. The van der Waals surface area contributed by atoms with E-state index in [9.17, 15) is 9.59 Å². The van der Waals surface area contributed by atoms with Crippen molar-refractivity contribution in [2.24, 2.45) is 7.05 Å². The molecular weight excluding hydrogens is 526 g/mol. The fourth-order valence-corrected chi connectivity index (χ4v) is 5.56. The third-order valence-corrected chi connectivity index (χ3v) is 7.84. The molecule has 2 amide bonds. The van der Waals surface area contributed by atoms with Crippen molar-refractivity contribution in [3.05, 3.63) is 89.9 Å². The van der Waals surface area contributed by atoms with Gasteiger partial charge in [0.15, 0.2) is 5.69 Å². The van der Waals surface area contributed by atoms with Crippen LogP contribution < -0.4 is 4.90 Å². The fraction of sp³-hybridized carbons (Fsp3) is 0.353. The van der Waals surface area contributed by atoms with E-state index in [1.807, 2.05) is 53.4 Å². The SMILES string of the molecule is COCC(=O)N1CCCCCCCN(C(=O)c2cc(-c3ccc(C)cc3)n(C)n2)Cc2cc(-c3cccnc3)ccc21. The molecular formula is C34H39N5O3. The molecule has 3 heterocycles. The van der Waals surface area contributed by atoms with Gasteiger partial charge in [-0.15, -0.1) is 0 Å². The highest BCUT2D eigenvalue weighted by Crippen LogP contribution is 2.31. The van der Waals surface area contributed by atoms with Gasteiger partial charge >= 0.3 is 0 Å². The number of aromatic nitrogens is 3. The predicted octanol–water partition coefficient (Wildman–Crippen LogP) is 6.04. The minimum atomic E-state index is -0.117. The van der Waals surface area contributed by atoms with E-state index >= 15 is 0 Å². The van der Waals surface area contributed by atoms with Gasteiger partial charge in [-0.25, -0.2) is 0 Å². The van der Waals surface area contributed by atoms with Crippen LogP contribution in [0, 0.1) is 6.92 Å². The number of carbonyl (C=O) groups excluding carboxylic acids is 2. The Bertz CT molecular complexity index is 1510. The van der Waals surface area contributed by atoms with E-state index < -0.39 is 0 Å². The topological polar surface area (TPSA) is 80.6 Å². The standard InChI is InChI=1S/C34H39N5O3/c1-25-11-13-26(14-12-25)32-21-30(36-37(32)2)34(41)38-18-7-5-4-6-8-19-39(33(40)24-42-3)31-16-15-27(20-29(31)23-38)28-10-9-17-35-22-28/h9-17,20-22H,4-8,18-19,23-24H2,1-3H3. The smallest absolute Gasteiger partial charge is 0.274 e. The molecule has 0 saturated carbocycles. The van der Waals surface area contributed by atoms with Crippen LogP contribution in [0.1, 0.15) is 53.7 Å². The molecule has 42 heavy (non-hydrogen) atoms. The number of methoxy groups -OCH3 is 1. The molecule has 218 valence electrons. The van der Waals surface area contributed by atoms with Gasteiger partial charge in [-0.3, -0.25) is 19.3 Å². The Morgan fingerprint density at radius 2 is 1.62 bits per heavy atom. The number of hydrogen-bond donors (Lipinski definition) is 0. The number of benzene rings is 2. The number of fused-ring (bicyclic) bond motifs is 1. The van der Waals surface area contributed by atoms with E-state index in [-0.39, 0.29) is 18.4 Å². The molecule has 1 aliphatic heterocycles. The Morgan fingerprint density at radius 1 is 0.881 bits per heavy atom. The summed E-state index contributed by atoms with van der Waals surface area (Å²) >= 11 is 0. The highest BCUT2D eigenvalue weighted by molar-refractivity contribution is 5.96. The Morgan fingerprint density at radius 3 is 2.36 bits per heavy atom. The number of aryl methyl sites for hydroxylation is 2. The van der Waals surface area contributed by atoms with Crippen molar-refractivity contribution >= 4 is 17.5 Å². The van der Waals surface area contributed by atoms with Gasteiger partial charge in [0.1, 0.15) is 6.61 Å². The van der Waals surface area contributed by atoms with Crippen LogP contribution in [0.3, 0.4) is 0 Å². The molecule has 2 aromatic heterocycles. The maximum absolute atomic E-state index is 14.1. The first-order chi connectivity index (χ1) is 20.4. The van der Waals surface area contributed by atoms with Gasteiger partial charge < -0.3 is 14.5 Å². The largest absolute Gasteiger partial charge is 0.375 e. The average Bonchev–Trinajstić information content (AvgIpc) is 3.39. The van der Waals surface area contributed by atoms with E-state index in [4.69, 9.17) is 4.74 Å². The summed E-state index contributed by atoms with van der Waals surface area (Å²) in [5, 5.41) is 4.64. The minimum Gasteiger partial charge on any atom is -0.375 e. The molecule has 4 aromatic rings. The summed E-state index contributed by atoms with van der Waals surface area (Å²) in [7, 11) is 3.41. The number of nitrogens with zero attached hydrogens (tertiary/aromatic N) is 5. The van der Waals surface area contributed by atoms with Crippen molar-refractivity contribution in [1.82, 2.24) is 19.7 Å². The average molecular weight is 566 g/mol. The first kappa shape index (κ1) is 29.2. The van der Waals surface area contributed by atoms with E-state index in [1.54, 1.807) is 18.0 Å². The van der Waals surface area contributed by atoms with Gasteiger partial charge in [0.2, 0.25) is 0 Å². The summed E-state index contributed by atoms with van der Waals surface area (Å²) in [6, 6.07) is 20.1. The molecule has 0 atom stereocenters. The lowest BCUT2D eigenvalue weighted by Crippen LogP contribution is -2.37. The van der Waals surface area contributed by atoms with Gasteiger partial charge in [0, 0.05) is 51.9 Å². The highest BCUT2D eigenvalue weighted by atomic mass is 16.5. The first-order valence-electron chi connectivity index (χ1n) is 14.7. The van der Waals surface area contributed by atoms with E-state index in [2.05, 4.69) is 47.3 Å². The number of carbonyl (C=O) groups is 2. The van der Waals surface area contributed by atoms with Crippen molar-refractivity contribution in [2.75, 3.05) is 31.7 Å². The maximum Gasteiger partial charge on any atom is 0.274 e. The van der Waals surface area contributed by atoms with Gasteiger partial charge in [0.25, 0.3) is 11.8 Å². The van der Waals surface area contributed by atoms with Crippen LogP contribution in [0.2, 0.25) is 0 Å². The third kappa shape index (κ3) is 6.77. The molecule has 8 nitrogen and oxygen atoms in total. The van der Waals surface area contributed by atoms with Crippen molar-refractivity contribution in [3.8, 4) is 22.4 Å². The lowest BCUT2D eigenvalue weighted by Gasteiger charge is -2.29. The van der Waals surface area contributed by atoms with Crippen molar-refractivity contribution < 1.29 is 14.3 Å². The molecule has 0 unspecified atom stereocenters. The van der Waals surface area contributed by atoms with Crippen LogP contribution in [0.5, 0.6) is 0 Å². The van der Waals surface area contributed by atoms with Crippen molar-refractivity contribution in [3.63, 3.8) is 0 Å². The summed E-state index contributed by atoms with van der Waals surface area (Å²) in [5.74, 6) is -0.205. The van der Waals surface area contributed by atoms with E-state index in [1.165, 1.54) is 5.56 Å². The quantitative estimate of drug-likeness (QED) is 0.295. The summed E-state index contributed by atoms with van der Waals surface area (Å²) in [4.78, 5) is 35.4. The minimum absolute atomic E-state index is 0.00215. The van der Waals surface area contributed by atoms with Crippen molar-refractivity contribution in [2.45, 2.75) is 45.6 Å². The lowest BCUT2D eigenvalue weighted by atomic mass is 10.0.